The number of hydrogen-bond acceptors (Lipinski definition) is 3. The molecular weight excluding hydrogens is 232 g/mol. The zero-order chi connectivity index (χ0) is 12.9. The summed E-state index contributed by atoms with van der Waals surface area (Å²) in [5, 5.41) is 2.86. The molecule has 0 heterocycles. The molecule has 0 spiro atoms. The van der Waals surface area contributed by atoms with Crippen LogP contribution in [0.3, 0.4) is 0 Å². The van der Waals surface area contributed by atoms with Crippen molar-refractivity contribution >= 4 is 23.4 Å². The van der Waals surface area contributed by atoms with Crippen LogP contribution >= 0.6 is 11.8 Å². The lowest BCUT2D eigenvalue weighted by Crippen LogP contribution is -2.33. The van der Waals surface area contributed by atoms with Crippen LogP contribution in [0.5, 0.6) is 0 Å². The van der Waals surface area contributed by atoms with Gasteiger partial charge in [-0.25, -0.2) is 0 Å². The Morgan fingerprint density at radius 3 is 2.41 bits per heavy atom. The molecule has 0 bridgehead atoms. The molecule has 3 N–H and O–H groups in total. The van der Waals surface area contributed by atoms with Crippen LogP contribution in [0.2, 0.25) is 0 Å². The first-order chi connectivity index (χ1) is 7.90. The predicted octanol–water partition coefficient (Wildman–Crippen LogP) is 2.86. The van der Waals surface area contributed by atoms with Gasteiger partial charge in [0.15, 0.2) is 0 Å². The lowest BCUT2D eigenvalue weighted by Gasteiger charge is -2.17. The Kier molecular flexibility index (Phi) is 5.02. The fraction of sp³-hybridized carbons (Fsp3) is 0.462. The lowest BCUT2D eigenvalue weighted by atomic mass is 10.00. The van der Waals surface area contributed by atoms with Crippen molar-refractivity contribution in [3.8, 4) is 0 Å². The molecule has 1 amide bonds. The molecule has 0 aromatic heterocycles. The molecular formula is C13H20N2OS. The van der Waals surface area contributed by atoms with Gasteiger partial charge in [0.1, 0.15) is 0 Å². The van der Waals surface area contributed by atoms with Crippen LogP contribution in [0, 0.1) is 0 Å². The van der Waals surface area contributed by atoms with Crippen molar-refractivity contribution in [3.63, 3.8) is 0 Å². The van der Waals surface area contributed by atoms with E-state index >= 15 is 0 Å². The molecule has 1 rings (SSSR count). The molecule has 4 heteroatoms. The highest BCUT2D eigenvalue weighted by atomic mass is 32.2. The highest BCUT2D eigenvalue weighted by Gasteiger charge is 2.13. The second kappa shape index (κ2) is 6.07. The molecule has 17 heavy (non-hydrogen) atoms. The Morgan fingerprint density at radius 2 is 1.94 bits per heavy atom. The Morgan fingerprint density at radius 1 is 1.35 bits per heavy atom. The number of carbonyl (C=O) groups excluding carboxylic acids is 1. The molecule has 1 aromatic rings. The zero-order valence-corrected chi connectivity index (χ0v) is 11.4. The number of carbonyl (C=O) groups is 1. The third-order valence-corrected chi connectivity index (χ3v) is 3.11. The summed E-state index contributed by atoms with van der Waals surface area (Å²) in [4.78, 5) is 12.8. The molecule has 3 nitrogen and oxygen atoms in total. The largest absolute Gasteiger partial charge is 0.326 e. The van der Waals surface area contributed by atoms with E-state index in [0.717, 1.165) is 5.69 Å². The second-order valence-corrected chi connectivity index (χ2v) is 5.64. The monoisotopic (exact) mass is 252 g/mol. The minimum Gasteiger partial charge on any atom is -0.326 e. The normalized spacial score (nSPS) is 11.3. The van der Waals surface area contributed by atoms with Crippen molar-refractivity contribution in [1.82, 2.24) is 0 Å². The van der Waals surface area contributed by atoms with E-state index < -0.39 is 0 Å². The molecule has 1 aromatic carbocycles. The number of nitrogens with one attached hydrogen (secondary N) is 1. The van der Waals surface area contributed by atoms with Gasteiger partial charge in [0.2, 0.25) is 5.91 Å². The summed E-state index contributed by atoms with van der Waals surface area (Å²) in [5.74, 6) is 0.0143. The molecule has 0 aliphatic heterocycles. The molecule has 0 atom stereocenters. The molecule has 0 radical (unpaired) electrons. The molecule has 0 fully saturated rings. The summed E-state index contributed by atoms with van der Waals surface area (Å²) >= 11 is 1.68. The summed E-state index contributed by atoms with van der Waals surface area (Å²) in [5.41, 5.74) is 6.38. The SMILES string of the molecule is CSc1ccc(NC(=O)CCC(C)(C)N)cc1. The van der Waals surface area contributed by atoms with Crippen molar-refractivity contribution in [3.05, 3.63) is 24.3 Å². The summed E-state index contributed by atoms with van der Waals surface area (Å²) in [6.07, 6.45) is 3.16. The maximum Gasteiger partial charge on any atom is 0.224 e. The van der Waals surface area contributed by atoms with Crippen LogP contribution in [0.25, 0.3) is 0 Å². The minimum atomic E-state index is -0.292. The van der Waals surface area contributed by atoms with E-state index in [1.165, 1.54) is 4.90 Å². The maximum atomic E-state index is 11.6. The van der Waals surface area contributed by atoms with Gasteiger partial charge >= 0.3 is 0 Å². The average molecular weight is 252 g/mol. The van der Waals surface area contributed by atoms with Crippen molar-refractivity contribution in [2.45, 2.75) is 37.1 Å². The Bertz CT molecular complexity index is 368. The van der Waals surface area contributed by atoms with Crippen LogP contribution in [0.15, 0.2) is 29.2 Å². The van der Waals surface area contributed by atoms with Crippen LogP contribution in [-0.2, 0) is 4.79 Å². The number of anilines is 1. The molecule has 0 aliphatic rings. The van der Waals surface area contributed by atoms with Gasteiger partial charge in [-0.15, -0.1) is 11.8 Å². The van der Waals surface area contributed by atoms with Crippen LogP contribution in [0.1, 0.15) is 26.7 Å². The quantitative estimate of drug-likeness (QED) is 0.792. The number of rotatable bonds is 5. The van der Waals surface area contributed by atoms with Crippen LogP contribution in [0.4, 0.5) is 5.69 Å². The second-order valence-electron chi connectivity index (χ2n) is 4.77. The van der Waals surface area contributed by atoms with Gasteiger partial charge in [0.25, 0.3) is 0 Å². The fourth-order valence-corrected chi connectivity index (χ4v) is 1.74. The van der Waals surface area contributed by atoms with Gasteiger partial charge in [-0.3, -0.25) is 4.79 Å². The highest BCUT2D eigenvalue weighted by Crippen LogP contribution is 2.18. The Balaban J connectivity index is 2.45. The molecule has 0 unspecified atom stereocenters. The first-order valence-corrected chi connectivity index (χ1v) is 6.86. The first-order valence-electron chi connectivity index (χ1n) is 5.63. The van der Waals surface area contributed by atoms with Crippen molar-refractivity contribution < 1.29 is 4.79 Å². The topological polar surface area (TPSA) is 55.1 Å². The summed E-state index contributed by atoms with van der Waals surface area (Å²) in [7, 11) is 0. The number of nitrogens with two attached hydrogens (primary N) is 1. The fourth-order valence-electron chi connectivity index (χ4n) is 1.33. The van der Waals surface area contributed by atoms with E-state index in [1.54, 1.807) is 11.8 Å². The Labute approximate surface area is 107 Å². The van der Waals surface area contributed by atoms with Crippen molar-refractivity contribution in [2.24, 2.45) is 5.73 Å². The van der Waals surface area contributed by atoms with Crippen molar-refractivity contribution in [2.75, 3.05) is 11.6 Å². The molecule has 0 saturated carbocycles. The predicted molar refractivity (Wildman–Crippen MR) is 74.4 cm³/mol. The van der Waals surface area contributed by atoms with Gasteiger partial charge < -0.3 is 11.1 Å². The van der Waals surface area contributed by atoms with Crippen LogP contribution in [-0.4, -0.2) is 17.7 Å². The Hall–Kier alpha value is -1.00. The summed E-state index contributed by atoms with van der Waals surface area (Å²) in [6.45, 7) is 3.85. The van der Waals surface area contributed by atoms with Gasteiger partial charge in [0, 0.05) is 22.5 Å². The average Bonchev–Trinajstić information content (AvgIpc) is 2.27. The zero-order valence-electron chi connectivity index (χ0n) is 10.6. The third kappa shape index (κ3) is 5.75. The number of amides is 1. The third-order valence-electron chi connectivity index (χ3n) is 2.37. The van der Waals surface area contributed by atoms with E-state index in [1.807, 2.05) is 44.4 Å². The van der Waals surface area contributed by atoms with E-state index in [4.69, 9.17) is 5.73 Å². The minimum absolute atomic E-state index is 0.0143. The first kappa shape index (κ1) is 14.1. The standard InChI is InChI=1S/C13H20N2OS/c1-13(2,14)9-8-12(16)15-10-4-6-11(17-3)7-5-10/h4-7H,8-9,14H2,1-3H3,(H,15,16). The van der Waals surface area contributed by atoms with Gasteiger partial charge in [-0.05, 0) is 50.8 Å². The van der Waals surface area contributed by atoms with E-state index in [9.17, 15) is 4.79 Å². The number of hydrogen-bond donors (Lipinski definition) is 2. The van der Waals surface area contributed by atoms with Gasteiger partial charge in [0.05, 0.1) is 0 Å². The van der Waals surface area contributed by atoms with Gasteiger partial charge in [-0.1, -0.05) is 0 Å². The van der Waals surface area contributed by atoms with E-state index in [-0.39, 0.29) is 11.4 Å². The smallest absolute Gasteiger partial charge is 0.224 e. The highest BCUT2D eigenvalue weighted by molar-refractivity contribution is 7.98. The molecule has 0 aliphatic carbocycles. The molecule has 0 saturated heterocycles. The van der Waals surface area contributed by atoms with E-state index in [2.05, 4.69) is 5.32 Å². The molecule has 94 valence electrons. The number of thioether (sulfide) groups is 1. The maximum absolute atomic E-state index is 11.6. The summed E-state index contributed by atoms with van der Waals surface area (Å²) in [6, 6.07) is 7.81. The van der Waals surface area contributed by atoms with Crippen LogP contribution < -0.4 is 11.1 Å². The van der Waals surface area contributed by atoms with Crippen molar-refractivity contribution in [1.29, 1.82) is 0 Å². The lowest BCUT2D eigenvalue weighted by molar-refractivity contribution is -0.116. The number of benzene rings is 1. The van der Waals surface area contributed by atoms with E-state index in [0.29, 0.717) is 12.8 Å². The summed E-state index contributed by atoms with van der Waals surface area (Å²) < 4.78 is 0. The van der Waals surface area contributed by atoms with Gasteiger partial charge in [-0.2, -0.15) is 0 Å².